The molecule has 7 heteroatoms. The number of pyridine rings is 1. The molecule has 0 bridgehead atoms. The molecule has 0 saturated heterocycles. The number of aromatic nitrogens is 1. The largest absolute Gasteiger partial charge is 0.459 e. The SMILES string of the molecule is C[C@H](NC(=O)C(c1cccnc1)N(C(=O)c1ccco1)c1ccc(-c2cccs2)cc1)C1=CCCC=C1. The Hall–Kier alpha value is -4.23. The summed E-state index contributed by atoms with van der Waals surface area (Å²) in [5.41, 5.74) is 3.27. The van der Waals surface area contributed by atoms with Crippen LogP contribution in [0.25, 0.3) is 10.4 Å². The predicted molar refractivity (Wildman–Crippen MR) is 146 cm³/mol. The fourth-order valence-corrected chi connectivity index (χ4v) is 5.15. The zero-order valence-corrected chi connectivity index (χ0v) is 21.2. The molecule has 1 N–H and O–H groups in total. The number of carbonyl (C=O) groups excluding carboxylic acids is 2. The molecule has 0 saturated carbocycles. The lowest BCUT2D eigenvalue weighted by atomic mass is 9.99. The minimum atomic E-state index is -0.963. The molecule has 0 radical (unpaired) electrons. The van der Waals surface area contributed by atoms with Gasteiger partial charge in [0, 0.05) is 28.5 Å². The molecule has 0 aliphatic heterocycles. The number of amides is 2. The molecule has 1 aliphatic rings. The van der Waals surface area contributed by atoms with Gasteiger partial charge in [-0.3, -0.25) is 19.5 Å². The Bertz CT molecular complexity index is 1390. The van der Waals surface area contributed by atoms with Crippen molar-refractivity contribution in [1.29, 1.82) is 0 Å². The van der Waals surface area contributed by atoms with Gasteiger partial charge in [-0.05, 0) is 72.7 Å². The van der Waals surface area contributed by atoms with Gasteiger partial charge in [0.2, 0.25) is 5.91 Å². The number of carbonyl (C=O) groups is 2. The molecule has 1 unspecified atom stereocenters. The maximum absolute atomic E-state index is 13.9. The number of benzene rings is 1. The summed E-state index contributed by atoms with van der Waals surface area (Å²) >= 11 is 1.64. The van der Waals surface area contributed by atoms with Crippen molar-refractivity contribution >= 4 is 28.8 Å². The molecule has 1 aliphatic carbocycles. The average Bonchev–Trinajstić information content (AvgIpc) is 3.68. The summed E-state index contributed by atoms with van der Waals surface area (Å²) < 4.78 is 5.47. The van der Waals surface area contributed by atoms with Crippen LogP contribution >= 0.6 is 11.3 Å². The number of rotatable bonds is 8. The van der Waals surface area contributed by atoms with Gasteiger partial charge in [-0.25, -0.2) is 0 Å². The van der Waals surface area contributed by atoms with Crippen molar-refractivity contribution in [2.45, 2.75) is 31.8 Å². The molecule has 2 atom stereocenters. The molecule has 4 aromatic rings. The van der Waals surface area contributed by atoms with Crippen molar-refractivity contribution in [3.63, 3.8) is 0 Å². The highest BCUT2D eigenvalue weighted by Crippen LogP contribution is 2.33. The summed E-state index contributed by atoms with van der Waals surface area (Å²) in [6, 6.07) is 17.4. The van der Waals surface area contributed by atoms with Crippen LogP contribution in [0.5, 0.6) is 0 Å². The molecule has 5 rings (SSSR count). The Kier molecular flexibility index (Phi) is 7.42. The first-order valence-corrected chi connectivity index (χ1v) is 13.1. The number of anilines is 1. The normalized spacial score (nSPS) is 14.5. The molecule has 3 heterocycles. The minimum Gasteiger partial charge on any atom is -0.459 e. The van der Waals surface area contributed by atoms with Crippen LogP contribution in [-0.2, 0) is 4.79 Å². The van der Waals surface area contributed by atoms with Crippen molar-refractivity contribution in [2.24, 2.45) is 0 Å². The molecule has 0 spiro atoms. The molecular weight excluding hydrogens is 482 g/mol. The number of hydrogen-bond acceptors (Lipinski definition) is 5. The lowest BCUT2D eigenvalue weighted by Crippen LogP contribution is -2.46. The standard InChI is InChI=1S/C30H27N3O3S/c1-21(22-8-3-2-4-9-22)32-29(34)28(24-10-5-17-31-20-24)33(30(35)26-11-6-18-36-26)25-15-13-23(14-16-25)27-12-7-19-37-27/h3,5-21,28H,2,4H2,1H3,(H,32,34)/t21-,28?/m0/s1. The fraction of sp³-hybridized carbons (Fsp3) is 0.167. The van der Waals surface area contributed by atoms with E-state index in [0.29, 0.717) is 11.3 Å². The minimum absolute atomic E-state index is 0.148. The Morgan fingerprint density at radius 3 is 2.57 bits per heavy atom. The summed E-state index contributed by atoms with van der Waals surface area (Å²) in [4.78, 5) is 34.6. The Labute approximate surface area is 220 Å². The second-order valence-electron chi connectivity index (χ2n) is 8.78. The van der Waals surface area contributed by atoms with Crippen molar-refractivity contribution in [3.8, 4) is 10.4 Å². The van der Waals surface area contributed by atoms with Crippen molar-refractivity contribution in [2.75, 3.05) is 4.90 Å². The van der Waals surface area contributed by atoms with Crippen LogP contribution in [0.4, 0.5) is 5.69 Å². The van der Waals surface area contributed by atoms with Gasteiger partial charge in [0.15, 0.2) is 5.76 Å². The maximum atomic E-state index is 13.9. The van der Waals surface area contributed by atoms with E-state index in [1.165, 1.54) is 11.2 Å². The van der Waals surface area contributed by atoms with E-state index >= 15 is 0 Å². The second kappa shape index (κ2) is 11.2. The average molecular weight is 510 g/mol. The molecule has 3 aromatic heterocycles. The summed E-state index contributed by atoms with van der Waals surface area (Å²) in [6.07, 6.45) is 13.0. The third-order valence-corrected chi connectivity index (χ3v) is 7.21. The number of hydrogen-bond donors (Lipinski definition) is 1. The van der Waals surface area contributed by atoms with Crippen LogP contribution in [0.2, 0.25) is 0 Å². The van der Waals surface area contributed by atoms with Crippen LogP contribution in [0.15, 0.2) is 113 Å². The summed E-state index contributed by atoms with van der Waals surface area (Å²) in [7, 11) is 0. The lowest BCUT2D eigenvalue weighted by molar-refractivity contribution is -0.122. The summed E-state index contributed by atoms with van der Waals surface area (Å²) in [6.45, 7) is 1.95. The number of allylic oxidation sites excluding steroid dienone is 2. The zero-order valence-electron chi connectivity index (χ0n) is 20.4. The van der Waals surface area contributed by atoms with Crippen LogP contribution in [0, 0.1) is 0 Å². The van der Waals surface area contributed by atoms with Crippen molar-refractivity contribution in [3.05, 3.63) is 120 Å². The monoisotopic (exact) mass is 509 g/mol. The van der Waals surface area contributed by atoms with Crippen LogP contribution in [-0.4, -0.2) is 22.8 Å². The van der Waals surface area contributed by atoms with Gasteiger partial charge in [-0.2, -0.15) is 0 Å². The zero-order chi connectivity index (χ0) is 25.6. The third kappa shape index (κ3) is 5.47. The van der Waals surface area contributed by atoms with E-state index in [2.05, 4.69) is 22.5 Å². The van der Waals surface area contributed by atoms with Crippen molar-refractivity contribution < 1.29 is 14.0 Å². The van der Waals surface area contributed by atoms with E-state index in [-0.39, 0.29) is 17.7 Å². The molecule has 0 fully saturated rings. The van der Waals surface area contributed by atoms with Gasteiger partial charge in [0.25, 0.3) is 5.91 Å². The first kappa shape index (κ1) is 24.5. The number of thiophene rings is 1. The van der Waals surface area contributed by atoms with Crippen LogP contribution in [0.3, 0.4) is 0 Å². The van der Waals surface area contributed by atoms with Gasteiger partial charge in [0.05, 0.1) is 12.3 Å². The highest BCUT2D eigenvalue weighted by molar-refractivity contribution is 7.13. The first-order chi connectivity index (χ1) is 18.1. The van der Waals surface area contributed by atoms with E-state index in [4.69, 9.17) is 4.42 Å². The molecule has 186 valence electrons. The van der Waals surface area contributed by atoms with Crippen molar-refractivity contribution in [1.82, 2.24) is 10.3 Å². The Morgan fingerprint density at radius 2 is 1.92 bits per heavy atom. The number of furan rings is 1. The van der Waals surface area contributed by atoms with E-state index < -0.39 is 11.9 Å². The van der Waals surface area contributed by atoms with Gasteiger partial charge in [-0.15, -0.1) is 11.3 Å². The van der Waals surface area contributed by atoms with Crippen LogP contribution < -0.4 is 10.2 Å². The molecular formula is C30H27N3O3S. The predicted octanol–water partition coefficient (Wildman–Crippen LogP) is 6.57. The van der Waals surface area contributed by atoms with Gasteiger partial charge in [-0.1, -0.05) is 42.5 Å². The number of nitrogens with one attached hydrogen (secondary N) is 1. The molecule has 37 heavy (non-hydrogen) atoms. The molecule has 1 aromatic carbocycles. The van der Waals surface area contributed by atoms with E-state index in [1.807, 2.05) is 60.8 Å². The van der Waals surface area contributed by atoms with E-state index in [1.54, 1.807) is 41.9 Å². The lowest BCUT2D eigenvalue weighted by Gasteiger charge is -2.32. The highest BCUT2D eigenvalue weighted by atomic mass is 32.1. The molecule has 6 nitrogen and oxygen atoms in total. The third-order valence-electron chi connectivity index (χ3n) is 6.29. The van der Waals surface area contributed by atoms with Gasteiger partial charge in [0.1, 0.15) is 6.04 Å². The maximum Gasteiger partial charge on any atom is 0.294 e. The first-order valence-electron chi connectivity index (χ1n) is 12.2. The number of nitrogens with zero attached hydrogens (tertiary/aromatic N) is 2. The van der Waals surface area contributed by atoms with Gasteiger partial charge < -0.3 is 9.73 Å². The second-order valence-corrected chi connectivity index (χ2v) is 9.73. The Balaban J connectivity index is 1.55. The quantitative estimate of drug-likeness (QED) is 0.291. The fourth-order valence-electron chi connectivity index (χ4n) is 4.42. The van der Waals surface area contributed by atoms with E-state index in [9.17, 15) is 9.59 Å². The topological polar surface area (TPSA) is 75.4 Å². The van der Waals surface area contributed by atoms with E-state index in [0.717, 1.165) is 28.9 Å². The summed E-state index contributed by atoms with van der Waals surface area (Å²) in [5, 5.41) is 5.15. The van der Waals surface area contributed by atoms with Gasteiger partial charge >= 0.3 is 0 Å². The summed E-state index contributed by atoms with van der Waals surface area (Å²) in [5.74, 6) is -0.570. The smallest absolute Gasteiger partial charge is 0.294 e. The van der Waals surface area contributed by atoms with Crippen LogP contribution in [0.1, 0.15) is 41.9 Å². The molecule has 2 amide bonds. The Morgan fingerprint density at radius 1 is 1.05 bits per heavy atom. The highest BCUT2D eigenvalue weighted by Gasteiger charge is 2.35.